The van der Waals surface area contributed by atoms with Gasteiger partial charge in [-0.15, -0.1) is 0 Å². The van der Waals surface area contributed by atoms with Gasteiger partial charge in [0, 0.05) is 19.5 Å². The van der Waals surface area contributed by atoms with Gasteiger partial charge in [0.15, 0.2) is 0 Å². The van der Waals surface area contributed by atoms with Crippen molar-refractivity contribution in [3.63, 3.8) is 0 Å². The van der Waals surface area contributed by atoms with E-state index in [-0.39, 0.29) is 5.91 Å². The molecular weight excluding hydrogens is 206 g/mol. The summed E-state index contributed by atoms with van der Waals surface area (Å²) in [5, 5.41) is 5.29. The van der Waals surface area contributed by atoms with E-state index in [4.69, 9.17) is 4.74 Å². The number of nitrogens with zero attached hydrogens (tertiary/aromatic N) is 1. The van der Waals surface area contributed by atoms with Crippen molar-refractivity contribution in [1.82, 2.24) is 15.8 Å². The van der Waals surface area contributed by atoms with Gasteiger partial charge >= 0.3 is 0 Å². The lowest BCUT2D eigenvalue weighted by atomic mass is 9.96. The SMILES string of the molecule is O=C(CC1CCCNC1)NN1CCOCC1. The van der Waals surface area contributed by atoms with Gasteiger partial charge in [-0.2, -0.15) is 0 Å². The summed E-state index contributed by atoms with van der Waals surface area (Å²) in [4.78, 5) is 11.8. The van der Waals surface area contributed by atoms with Crippen LogP contribution in [-0.2, 0) is 9.53 Å². The number of amides is 1. The first-order chi connectivity index (χ1) is 7.84. The second kappa shape index (κ2) is 6.18. The monoisotopic (exact) mass is 227 g/mol. The molecule has 0 aromatic carbocycles. The zero-order chi connectivity index (χ0) is 11.2. The number of hydrogen-bond donors (Lipinski definition) is 2. The highest BCUT2D eigenvalue weighted by molar-refractivity contribution is 5.75. The van der Waals surface area contributed by atoms with Crippen LogP contribution >= 0.6 is 0 Å². The molecule has 0 spiro atoms. The number of hydrazine groups is 1. The van der Waals surface area contributed by atoms with Crippen LogP contribution in [0.5, 0.6) is 0 Å². The van der Waals surface area contributed by atoms with E-state index < -0.39 is 0 Å². The molecule has 2 N–H and O–H groups in total. The summed E-state index contributed by atoms with van der Waals surface area (Å²) in [6.45, 7) is 5.11. The molecule has 0 aromatic rings. The van der Waals surface area contributed by atoms with Crippen molar-refractivity contribution in [1.29, 1.82) is 0 Å². The summed E-state index contributed by atoms with van der Waals surface area (Å²) in [7, 11) is 0. The van der Waals surface area contributed by atoms with Crippen molar-refractivity contribution in [3.8, 4) is 0 Å². The van der Waals surface area contributed by atoms with Gasteiger partial charge in [0.2, 0.25) is 5.91 Å². The standard InChI is InChI=1S/C11H21N3O2/c15-11(8-10-2-1-3-12-9-10)13-14-4-6-16-7-5-14/h10,12H,1-9H2,(H,13,15). The Morgan fingerprint density at radius 3 is 2.94 bits per heavy atom. The van der Waals surface area contributed by atoms with Gasteiger partial charge in [0.1, 0.15) is 0 Å². The molecule has 2 heterocycles. The molecule has 2 aliphatic heterocycles. The minimum Gasteiger partial charge on any atom is -0.379 e. The molecule has 0 saturated carbocycles. The van der Waals surface area contributed by atoms with E-state index in [1.54, 1.807) is 0 Å². The van der Waals surface area contributed by atoms with Crippen molar-refractivity contribution in [2.24, 2.45) is 5.92 Å². The maximum Gasteiger partial charge on any atom is 0.234 e. The van der Waals surface area contributed by atoms with E-state index in [2.05, 4.69) is 10.7 Å². The van der Waals surface area contributed by atoms with Crippen LogP contribution in [0.2, 0.25) is 0 Å². The third-order valence-corrected chi connectivity index (χ3v) is 3.17. The maximum absolute atomic E-state index is 11.8. The third kappa shape index (κ3) is 3.73. The molecule has 16 heavy (non-hydrogen) atoms. The van der Waals surface area contributed by atoms with Crippen LogP contribution in [0.4, 0.5) is 0 Å². The molecule has 92 valence electrons. The number of carbonyl (C=O) groups excluding carboxylic acids is 1. The lowest BCUT2D eigenvalue weighted by molar-refractivity contribution is -0.129. The molecule has 0 aliphatic carbocycles. The first-order valence-electron chi connectivity index (χ1n) is 6.17. The molecular formula is C11H21N3O2. The van der Waals surface area contributed by atoms with E-state index in [1.807, 2.05) is 5.01 Å². The van der Waals surface area contributed by atoms with Gasteiger partial charge in [-0.3, -0.25) is 10.2 Å². The average Bonchev–Trinajstić information content (AvgIpc) is 2.31. The first-order valence-corrected chi connectivity index (χ1v) is 6.17. The predicted molar refractivity (Wildman–Crippen MR) is 60.7 cm³/mol. The first kappa shape index (κ1) is 11.8. The molecule has 1 amide bonds. The molecule has 1 unspecified atom stereocenters. The van der Waals surface area contributed by atoms with E-state index in [0.29, 0.717) is 25.6 Å². The van der Waals surface area contributed by atoms with Crippen LogP contribution in [0.1, 0.15) is 19.3 Å². The summed E-state index contributed by atoms with van der Waals surface area (Å²) < 4.78 is 5.23. The average molecular weight is 227 g/mol. The Kier molecular flexibility index (Phi) is 4.56. The molecule has 1 atom stereocenters. The van der Waals surface area contributed by atoms with Crippen LogP contribution in [0, 0.1) is 5.92 Å². The van der Waals surface area contributed by atoms with Gasteiger partial charge in [0.25, 0.3) is 0 Å². The van der Waals surface area contributed by atoms with Crippen molar-refractivity contribution < 1.29 is 9.53 Å². The number of nitrogens with one attached hydrogen (secondary N) is 2. The summed E-state index contributed by atoms with van der Waals surface area (Å²) in [5.41, 5.74) is 2.95. The molecule has 2 saturated heterocycles. The van der Waals surface area contributed by atoms with Crippen LogP contribution < -0.4 is 10.7 Å². The second-order valence-corrected chi connectivity index (χ2v) is 4.55. The lowest BCUT2D eigenvalue weighted by Crippen LogP contribution is -2.49. The predicted octanol–water partition coefficient (Wildman–Crippen LogP) is -0.260. The highest BCUT2D eigenvalue weighted by atomic mass is 16.5. The molecule has 0 aromatic heterocycles. The molecule has 2 rings (SSSR count). The zero-order valence-corrected chi connectivity index (χ0v) is 9.71. The molecule has 5 nitrogen and oxygen atoms in total. The molecule has 0 bridgehead atoms. The Labute approximate surface area is 96.5 Å². The van der Waals surface area contributed by atoms with E-state index in [1.165, 1.54) is 12.8 Å². The van der Waals surface area contributed by atoms with Crippen molar-refractivity contribution in [2.75, 3.05) is 39.4 Å². The van der Waals surface area contributed by atoms with Gasteiger partial charge in [-0.25, -0.2) is 5.01 Å². The fourth-order valence-corrected chi connectivity index (χ4v) is 2.26. The minimum absolute atomic E-state index is 0.149. The number of piperidine rings is 1. The number of hydrogen-bond acceptors (Lipinski definition) is 4. The Bertz CT molecular complexity index is 201. The normalized spacial score (nSPS) is 27.6. The lowest BCUT2D eigenvalue weighted by Gasteiger charge is -2.28. The summed E-state index contributed by atoms with van der Waals surface area (Å²) >= 11 is 0. The van der Waals surface area contributed by atoms with Crippen LogP contribution in [-0.4, -0.2) is 50.3 Å². The molecule has 2 aliphatic rings. The maximum atomic E-state index is 11.8. The quantitative estimate of drug-likeness (QED) is 0.697. The van der Waals surface area contributed by atoms with E-state index in [9.17, 15) is 4.79 Å². The van der Waals surface area contributed by atoms with Gasteiger partial charge in [-0.05, 0) is 31.8 Å². The van der Waals surface area contributed by atoms with Crippen LogP contribution in [0.25, 0.3) is 0 Å². The van der Waals surface area contributed by atoms with E-state index >= 15 is 0 Å². The van der Waals surface area contributed by atoms with Gasteiger partial charge in [0.05, 0.1) is 13.2 Å². The largest absolute Gasteiger partial charge is 0.379 e. The van der Waals surface area contributed by atoms with Crippen LogP contribution in [0.15, 0.2) is 0 Å². The second-order valence-electron chi connectivity index (χ2n) is 4.55. The number of rotatable bonds is 3. The third-order valence-electron chi connectivity index (χ3n) is 3.17. The topological polar surface area (TPSA) is 53.6 Å². The molecule has 0 radical (unpaired) electrons. The molecule has 2 fully saturated rings. The summed E-state index contributed by atoms with van der Waals surface area (Å²) in [6.07, 6.45) is 3.00. The number of carbonyl (C=O) groups is 1. The summed E-state index contributed by atoms with van der Waals surface area (Å²) in [5.74, 6) is 0.658. The zero-order valence-electron chi connectivity index (χ0n) is 9.71. The fourth-order valence-electron chi connectivity index (χ4n) is 2.26. The Balaban J connectivity index is 1.66. The Hall–Kier alpha value is -0.650. The van der Waals surface area contributed by atoms with Gasteiger partial charge in [-0.1, -0.05) is 0 Å². The Morgan fingerprint density at radius 1 is 1.44 bits per heavy atom. The van der Waals surface area contributed by atoms with Crippen molar-refractivity contribution >= 4 is 5.91 Å². The Morgan fingerprint density at radius 2 is 2.25 bits per heavy atom. The van der Waals surface area contributed by atoms with Crippen molar-refractivity contribution in [3.05, 3.63) is 0 Å². The van der Waals surface area contributed by atoms with E-state index in [0.717, 1.165) is 26.2 Å². The van der Waals surface area contributed by atoms with Gasteiger partial charge < -0.3 is 10.1 Å². The van der Waals surface area contributed by atoms with Crippen LogP contribution in [0.3, 0.4) is 0 Å². The number of morpholine rings is 1. The fraction of sp³-hybridized carbons (Fsp3) is 0.909. The minimum atomic E-state index is 0.149. The van der Waals surface area contributed by atoms with Crippen molar-refractivity contribution in [2.45, 2.75) is 19.3 Å². The number of ether oxygens (including phenoxy) is 1. The molecule has 5 heteroatoms. The smallest absolute Gasteiger partial charge is 0.234 e. The highest BCUT2D eigenvalue weighted by Gasteiger charge is 2.18. The highest BCUT2D eigenvalue weighted by Crippen LogP contribution is 2.13. The summed E-state index contributed by atoms with van der Waals surface area (Å²) in [6, 6.07) is 0.